The highest BCUT2D eigenvalue weighted by atomic mass is 16.5. The number of nitrogens with zero attached hydrogens (tertiary/aromatic N) is 1. The van der Waals surface area contributed by atoms with Crippen LogP contribution in [0, 0.1) is 5.92 Å². The summed E-state index contributed by atoms with van der Waals surface area (Å²) in [6, 6.07) is 0. The van der Waals surface area contributed by atoms with Crippen LogP contribution in [0.15, 0.2) is 0 Å². The lowest BCUT2D eigenvalue weighted by molar-refractivity contribution is -0.150. The number of carbonyl (C=O) groups is 1. The Morgan fingerprint density at radius 3 is 2.57 bits per heavy atom. The van der Waals surface area contributed by atoms with Gasteiger partial charge in [-0.1, -0.05) is 19.8 Å². The van der Waals surface area contributed by atoms with Crippen LogP contribution in [0.25, 0.3) is 0 Å². The molecule has 124 valence electrons. The van der Waals surface area contributed by atoms with E-state index in [0.717, 1.165) is 31.8 Å². The van der Waals surface area contributed by atoms with E-state index in [-0.39, 0.29) is 5.97 Å². The summed E-state index contributed by atoms with van der Waals surface area (Å²) in [5.74, 6) is 0.769. The molecule has 4 nitrogen and oxygen atoms in total. The molecule has 0 spiro atoms. The number of nitrogens with one attached hydrogen (secondary N) is 1. The van der Waals surface area contributed by atoms with Gasteiger partial charge in [0, 0.05) is 6.54 Å². The smallest absolute Gasteiger partial charge is 0.326 e. The van der Waals surface area contributed by atoms with E-state index in [4.69, 9.17) is 4.74 Å². The molecule has 0 bridgehead atoms. The summed E-state index contributed by atoms with van der Waals surface area (Å²) in [5, 5.41) is 3.30. The molecule has 0 aromatic heterocycles. The second-order valence-corrected chi connectivity index (χ2v) is 6.60. The fraction of sp³-hybridized carbons (Fsp3) is 0.941. The van der Waals surface area contributed by atoms with Crippen LogP contribution in [0.3, 0.4) is 0 Å². The number of hydrogen-bond acceptors (Lipinski definition) is 4. The predicted octanol–water partition coefficient (Wildman–Crippen LogP) is 2.82. The van der Waals surface area contributed by atoms with Crippen LogP contribution < -0.4 is 5.32 Å². The van der Waals surface area contributed by atoms with Gasteiger partial charge in [0.25, 0.3) is 0 Å². The largest absolute Gasteiger partial charge is 0.465 e. The van der Waals surface area contributed by atoms with Crippen LogP contribution in [0.5, 0.6) is 0 Å². The SMILES string of the molecule is CCNC(C)(CCCN(C)CC1CCCC1)C(=O)OCC. The number of rotatable bonds is 10. The van der Waals surface area contributed by atoms with Gasteiger partial charge in [-0.2, -0.15) is 0 Å². The molecule has 0 aromatic carbocycles. The van der Waals surface area contributed by atoms with E-state index in [9.17, 15) is 4.79 Å². The van der Waals surface area contributed by atoms with Gasteiger partial charge in [0.05, 0.1) is 6.61 Å². The highest BCUT2D eigenvalue weighted by Crippen LogP contribution is 2.25. The predicted molar refractivity (Wildman–Crippen MR) is 87.4 cm³/mol. The van der Waals surface area contributed by atoms with Crippen molar-refractivity contribution in [2.24, 2.45) is 5.92 Å². The van der Waals surface area contributed by atoms with Gasteiger partial charge < -0.3 is 15.0 Å². The third kappa shape index (κ3) is 6.35. The molecule has 0 heterocycles. The van der Waals surface area contributed by atoms with E-state index < -0.39 is 5.54 Å². The summed E-state index contributed by atoms with van der Waals surface area (Å²) in [6.45, 7) is 9.34. The van der Waals surface area contributed by atoms with Crippen LogP contribution in [0.1, 0.15) is 59.3 Å². The summed E-state index contributed by atoms with van der Waals surface area (Å²) < 4.78 is 5.21. The third-order valence-electron chi connectivity index (χ3n) is 4.55. The van der Waals surface area contributed by atoms with Crippen molar-refractivity contribution in [1.29, 1.82) is 0 Å². The number of carbonyl (C=O) groups excluding carboxylic acids is 1. The van der Waals surface area contributed by atoms with Crippen molar-refractivity contribution in [1.82, 2.24) is 10.2 Å². The minimum Gasteiger partial charge on any atom is -0.465 e. The molecule has 0 saturated heterocycles. The van der Waals surface area contributed by atoms with E-state index in [1.807, 2.05) is 20.8 Å². The second-order valence-electron chi connectivity index (χ2n) is 6.60. The van der Waals surface area contributed by atoms with Gasteiger partial charge in [-0.25, -0.2) is 0 Å². The Morgan fingerprint density at radius 1 is 1.33 bits per heavy atom. The number of ether oxygens (including phenoxy) is 1. The van der Waals surface area contributed by atoms with Crippen LogP contribution in [0.4, 0.5) is 0 Å². The summed E-state index contributed by atoms with van der Waals surface area (Å²) >= 11 is 0. The molecule has 1 N–H and O–H groups in total. The summed E-state index contributed by atoms with van der Waals surface area (Å²) in [4.78, 5) is 14.5. The van der Waals surface area contributed by atoms with Gasteiger partial charge in [0.15, 0.2) is 0 Å². The number of likely N-dealkylation sites (N-methyl/N-ethyl adjacent to an activating group) is 1. The standard InChI is InChI=1S/C17H34N2O2/c1-5-18-17(3,16(20)21-6-2)12-9-13-19(4)14-15-10-7-8-11-15/h15,18H,5-14H2,1-4H3. The Morgan fingerprint density at radius 2 is 2.00 bits per heavy atom. The van der Waals surface area contributed by atoms with E-state index in [2.05, 4.69) is 17.3 Å². The lowest BCUT2D eigenvalue weighted by atomic mass is 9.95. The van der Waals surface area contributed by atoms with E-state index in [1.54, 1.807) is 0 Å². The van der Waals surface area contributed by atoms with Crippen molar-refractivity contribution in [3.8, 4) is 0 Å². The second kappa shape index (κ2) is 9.42. The van der Waals surface area contributed by atoms with Crippen LogP contribution in [-0.2, 0) is 9.53 Å². The Bertz CT molecular complexity index is 303. The molecule has 1 unspecified atom stereocenters. The van der Waals surface area contributed by atoms with Gasteiger partial charge in [-0.05, 0) is 65.6 Å². The number of esters is 1. The molecule has 1 atom stereocenters. The lowest BCUT2D eigenvalue weighted by Gasteiger charge is -2.29. The van der Waals surface area contributed by atoms with Gasteiger partial charge in [0.2, 0.25) is 0 Å². The fourth-order valence-electron chi connectivity index (χ4n) is 3.37. The Labute approximate surface area is 130 Å². The van der Waals surface area contributed by atoms with Crippen LogP contribution in [0.2, 0.25) is 0 Å². The molecule has 0 aromatic rings. The summed E-state index contributed by atoms with van der Waals surface area (Å²) in [5.41, 5.74) is -0.543. The number of hydrogen-bond donors (Lipinski definition) is 1. The monoisotopic (exact) mass is 298 g/mol. The third-order valence-corrected chi connectivity index (χ3v) is 4.55. The van der Waals surface area contributed by atoms with Crippen molar-refractivity contribution < 1.29 is 9.53 Å². The molecule has 4 heteroatoms. The van der Waals surface area contributed by atoms with Gasteiger partial charge in [-0.15, -0.1) is 0 Å². The molecule has 0 aliphatic heterocycles. The van der Waals surface area contributed by atoms with Crippen molar-refractivity contribution in [3.63, 3.8) is 0 Å². The zero-order chi connectivity index (χ0) is 15.7. The average Bonchev–Trinajstić information content (AvgIpc) is 2.92. The molecule has 1 aliphatic rings. The summed E-state index contributed by atoms with van der Waals surface area (Å²) in [7, 11) is 2.20. The molecule has 1 rings (SSSR count). The van der Waals surface area contributed by atoms with Crippen molar-refractivity contribution in [3.05, 3.63) is 0 Å². The minimum absolute atomic E-state index is 0.120. The first-order valence-corrected chi connectivity index (χ1v) is 8.62. The first-order chi connectivity index (χ1) is 10.0. The Balaban J connectivity index is 2.33. The average molecular weight is 298 g/mol. The maximum atomic E-state index is 12.1. The zero-order valence-corrected chi connectivity index (χ0v) is 14.4. The lowest BCUT2D eigenvalue weighted by Crippen LogP contribution is -2.50. The topological polar surface area (TPSA) is 41.6 Å². The first kappa shape index (κ1) is 18.4. The van der Waals surface area contributed by atoms with Crippen LogP contribution in [-0.4, -0.2) is 49.7 Å². The molecule has 21 heavy (non-hydrogen) atoms. The Kier molecular flexibility index (Phi) is 8.27. The van der Waals surface area contributed by atoms with E-state index in [1.165, 1.54) is 32.2 Å². The maximum Gasteiger partial charge on any atom is 0.326 e. The summed E-state index contributed by atoms with van der Waals surface area (Å²) in [6.07, 6.45) is 7.43. The van der Waals surface area contributed by atoms with Gasteiger partial charge in [-0.3, -0.25) is 4.79 Å². The first-order valence-electron chi connectivity index (χ1n) is 8.62. The van der Waals surface area contributed by atoms with Crippen LogP contribution >= 0.6 is 0 Å². The fourth-order valence-corrected chi connectivity index (χ4v) is 3.37. The molecular formula is C17H34N2O2. The molecule has 0 radical (unpaired) electrons. The van der Waals surface area contributed by atoms with Gasteiger partial charge >= 0.3 is 5.97 Å². The Hall–Kier alpha value is -0.610. The molecule has 0 amide bonds. The quantitative estimate of drug-likeness (QED) is 0.630. The highest BCUT2D eigenvalue weighted by Gasteiger charge is 2.33. The molecule has 1 fully saturated rings. The van der Waals surface area contributed by atoms with E-state index in [0.29, 0.717) is 6.61 Å². The highest BCUT2D eigenvalue weighted by molar-refractivity contribution is 5.80. The zero-order valence-electron chi connectivity index (χ0n) is 14.4. The van der Waals surface area contributed by atoms with Gasteiger partial charge in [0.1, 0.15) is 5.54 Å². The molecule has 1 saturated carbocycles. The minimum atomic E-state index is -0.543. The van der Waals surface area contributed by atoms with Crippen molar-refractivity contribution in [2.45, 2.75) is 64.8 Å². The molecule has 1 aliphatic carbocycles. The van der Waals surface area contributed by atoms with Crippen molar-refractivity contribution >= 4 is 5.97 Å². The van der Waals surface area contributed by atoms with Crippen molar-refractivity contribution in [2.75, 3.05) is 33.3 Å². The normalized spacial score (nSPS) is 18.9. The maximum absolute atomic E-state index is 12.1. The van der Waals surface area contributed by atoms with E-state index >= 15 is 0 Å². The molecular weight excluding hydrogens is 264 g/mol.